The predicted octanol–water partition coefficient (Wildman–Crippen LogP) is 3.69. The number of carbonyl (C=O) groups is 2. The molecule has 1 fully saturated rings. The third-order valence-corrected chi connectivity index (χ3v) is 6.14. The number of nitrogens with zero attached hydrogens (tertiary/aromatic N) is 3. The van der Waals surface area contributed by atoms with E-state index in [-0.39, 0.29) is 23.2 Å². The molecule has 32 heavy (non-hydrogen) atoms. The van der Waals surface area contributed by atoms with Crippen LogP contribution in [0.4, 0.5) is 34.5 Å². The minimum atomic E-state index is -4.54. The van der Waals surface area contributed by atoms with E-state index in [1.54, 1.807) is 6.92 Å². The molecule has 14 heteroatoms. The van der Waals surface area contributed by atoms with Gasteiger partial charge in [-0.15, -0.1) is 10.2 Å². The van der Waals surface area contributed by atoms with Gasteiger partial charge in [0.05, 0.1) is 42.5 Å². The van der Waals surface area contributed by atoms with E-state index in [9.17, 15) is 22.8 Å². The highest BCUT2D eigenvalue weighted by atomic mass is 32.2. The van der Waals surface area contributed by atoms with Gasteiger partial charge in [0.1, 0.15) is 0 Å². The molecule has 0 unspecified atom stereocenters. The normalized spacial score (nSPS) is 14.2. The molecule has 9 nitrogen and oxygen atoms in total. The molecule has 1 aromatic heterocycles. The van der Waals surface area contributed by atoms with Crippen molar-refractivity contribution >= 4 is 51.6 Å². The van der Waals surface area contributed by atoms with Crippen LogP contribution in [0.3, 0.4) is 0 Å². The van der Waals surface area contributed by atoms with Gasteiger partial charge in [0.25, 0.3) is 0 Å². The first-order chi connectivity index (χ1) is 15.3. The number of morpholine rings is 1. The number of nitrogens with one attached hydrogen (secondary N) is 2. The smallest absolute Gasteiger partial charge is 0.416 e. The van der Waals surface area contributed by atoms with Gasteiger partial charge < -0.3 is 19.7 Å². The van der Waals surface area contributed by atoms with Gasteiger partial charge in [-0.25, -0.2) is 4.79 Å². The highest BCUT2D eigenvalue weighted by Gasteiger charge is 2.32. The Morgan fingerprint density at radius 3 is 2.69 bits per heavy atom. The minimum Gasteiger partial charge on any atom is -0.450 e. The first kappa shape index (κ1) is 24.1. The third-order valence-electron chi connectivity index (χ3n) is 4.17. The van der Waals surface area contributed by atoms with Crippen molar-refractivity contribution in [3.63, 3.8) is 0 Å². The molecule has 0 saturated carbocycles. The van der Waals surface area contributed by atoms with E-state index < -0.39 is 23.7 Å². The largest absolute Gasteiger partial charge is 0.450 e. The maximum absolute atomic E-state index is 13.2. The number of ether oxygens (including phenoxy) is 2. The second-order valence-corrected chi connectivity index (χ2v) is 8.58. The van der Waals surface area contributed by atoms with Crippen LogP contribution in [0.5, 0.6) is 0 Å². The number of hydrogen-bond donors (Lipinski definition) is 2. The van der Waals surface area contributed by atoms with Crippen molar-refractivity contribution in [2.75, 3.05) is 54.2 Å². The molecule has 0 spiro atoms. The molecule has 1 aromatic carbocycles. The van der Waals surface area contributed by atoms with Crippen LogP contribution in [0.1, 0.15) is 12.5 Å². The summed E-state index contributed by atoms with van der Waals surface area (Å²) in [5, 5.41) is 12.8. The first-order valence-corrected chi connectivity index (χ1v) is 11.3. The Morgan fingerprint density at radius 1 is 1.25 bits per heavy atom. The van der Waals surface area contributed by atoms with Crippen molar-refractivity contribution < 1.29 is 32.2 Å². The Morgan fingerprint density at radius 2 is 2.00 bits per heavy atom. The number of benzene rings is 1. The Balaban J connectivity index is 1.65. The SMILES string of the molecule is CCOC(=O)Nc1nnc(SCC(=O)Nc2cc(C(F)(F)F)ccc2N2CCOCC2)s1. The zero-order valence-electron chi connectivity index (χ0n) is 16.9. The molecule has 1 aliphatic rings. The lowest BCUT2D eigenvalue weighted by molar-refractivity contribution is -0.137. The topological polar surface area (TPSA) is 106 Å². The molecular formula is C18H20F3N5O4S2. The number of halogens is 3. The highest BCUT2D eigenvalue weighted by molar-refractivity contribution is 8.01. The Kier molecular flexibility index (Phi) is 8.15. The van der Waals surface area contributed by atoms with E-state index in [1.807, 2.05) is 4.90 Å². The monoisotopic (exact) mass is 491 g/mol. The molecule has 2 aromatic rings. The van der Waals surface area contributed by atoms with Crippen molar-refractivity contribution in [3.8, 4) is 0 Å². The van der Waals surface area contributed by atoms with Crippen LogP contribution >= 0.6 is 23.1 Å². The second kappa shape index (κ2) is 10.8. The van der Waals surface area contributed by atoms with Gasteiger partial charge in [-0.2, -0.15) is 13.2 Å². The molecular weight excluding hydrogens is 471 g/mol. The summed E-state index contributed by atoms with van der Waals surface area (Å²) >= 11 is 2.09. The molecule has 0 radical (unpaired) electrons. The molecule has 0 aliphatic carbocycles. The maximum atomic E-state index is 13.2. The van der Waals surface area contributed by atoms with Gasteiger partial charge in [0, 0.05) is 13.1 Å². The number of amides is 2. The van der Waals surface area contributed by atoms with Crippen molar-refractivity contribution in [1.29, 1.82) is 0 Å². The fourth-order valence-corrected chi connectivity index (χ4v) is 4.32. The fourth-order valence-electron chi connectivity index (χ4n) is 2.78. The lowest BCUT2D eigenvalue weighted by atomic mass is 10.1. The zero-order chi connectivity index (χ0) is 23.1. The highest BCUT2D eigenvalue weighted by Crippen LogP contribution is 2.36. The lowest BCUT2D eigenvalue weighted by Crippen LogP contribution is -2.37. The summed E-state index contributed by atoms with van der Waals surface area (Å²) in [7, 11) is 0. The summed E-state index contributed by atoms with van der Waals surface area (Å²) in [6.45, 7) is 3.77. The van der Waals surface area contributed by atoms with Gasteiger partial charge >= 0.3 is 12.3 Å². The summed E-state index contributed by atoms with van der Waals surface area (Å²) in [5.74, 6) is -0.605. The lowest BCUT2D eigenvalue weighted by Gasteiger charge is -2.31. The number of thioether (sulfide) groups is 1. The van der Waals surface area contributed by atoms with Crippen LogP contribution in [0, 0.1) is 0 Å². The van der Waals surface area contributed by atoms with Gasteiger partial charge in [-0.05, 0) is 25.1 Å². The molecule has 3 rings (SSSR count). The molecule has 2 N–H and O–H groups in total. The summed E-state index contributed by atoms with van der Waals surface area (Å²) in [5.41, 5.74) is -0.276. The Hall–Kier alpha value is -2.58. The van der Waals surface area contributed by atoms with Gasteiger partial charge in [0.2, 0.25) is 11.0 Å². The summed E-state index contributed by atoms with van der Waals surface area (Å²) in [4.78, 5) is 25.7. The Bertz CT molecular complexity index is 951. The van der Waals surface area contributed by atoms with Gasteiger partial charge in [0.15, 0.2) is 4.34 Å². The molecule has 2 heterocycles. The van der Waals surface area contributed by atoms with Crippen LogP contribution in [-0.4, -0.2) is 60.9 Å². The van der Waals surface area contributed by atoms with Gasteiger partial charge in [-0.1, -0.05) is 23.1 Å². The van der Waals surface area contributed by atoms with E-state index in [4.69, 9.17) is 9.47 Å². The van der Waals surface area contributed by atoms with Crippen molar-refractivity contribution in [1.82, 2.24) is 10.2 Å². The van der Waals surface area contributed by atoms with E-state index in [0.29, 0.717) is 36.3 Å². The van der Waals surface area contributed by atoms with Crippen LogP contribution in [0.25, 0.3) is 0 Å². The summed E-state index contributed by atoms with van der Waals surface area (Å²) in [6, 6.07) is 3.28. The average molecular weight is 492 g/mol. The van der Waals surface area contributed by atoms with Crippen LogP contribution in [0.15, 0.2) is 22.5 Å². The van der Waals surface area contributed by atoms with Crippen molar-refractivity contribution in [3.05, 3.63) is 23.8 Å². The van der Waals surface area contributed by atoms with Gasteiger partial charge in [-0.3, -0.25) is 10.1 Å². The molecule has 2 amide bonds. The van der Waals surface area contributed by atoms with Crippen LogP contribution < -0.4 is 15.5 Å². The summed E-state index contributed by atoms with van der Waals surface area (Å²) < 4.78 is 50.0. The van der Waals surface area contributed by atoms with Crippen molar-refractivity contribution in [2.24, 2.45) is 0 Å². The van der Waals surface area contributed by atoms with Crippen LogP contribution in [-0.2, 0) is 20.4 Å². The van der Waals surface area contributed by atoms with E-state index in [0.717, 1.165) is 35.2 Å². The maximum Gasteiger partial charge on any atom is 0.416 e. The number of rotatable bonds is 7. The van der Waals surface area contributed by atoms with Crippen LogP contribution in [0.2, 0.25) is 0 Å². The van der Waals surface area contributed by atoms with E-state index >= 15 is 0 Å². The first-order valence-electron chi connectivity index (χ1n) is 9.50. The van der Waals surface area contributed by atoms with Crippen molar-refractivity contribution in [2.45, 2.75) is 17.4 Å². The third kappa shape index (κ3) is 6.71. The predicted molar refractivity (Wildman–Crippen MR) is 114 cm³/mol. The molecule has 1 saturated heterocycles. The minimum absolute atomic E-state index is 0.0780. The molecule has 1 aliphatic heterocycles. The molecule has 0 bridgehead atoms. The fraction of sp³-hybridized carbons (Fsp3) is 0.444. The standard InChI is InChI=1S/C18H20F3N5O4S2/c1-2-30-16(28)23-15-24-25-17(32-15)31-10-14(27)22-12-9-11(18(19,20)21)3-4-13(12)26-5-7-29-8-6-26/h3-4,9H,2,5-8,10H2,1H3,(H,22,27)(H,23,24,28). The zero-order valence-corrected chi connectivity index (χ0v) is 18.5. The number of alkyl halides is 3. The molecule has 174 valence electrons. The number of hydrogen-bond acceptors (Lipinski definition) is 9. The number of aromatic nitrogens is 2. The quantitative estimate of drug-likeness (QED) is 0.446. The number of carbonyl (C=O) groups excluding carboxylic acids is 2. The molecule has 0 atom stereocenters. The van der Waals surface area contributed by atoms with E-state index in [2.05, 4.69) is 20.8 Å². The second-order valence-electron chi connectivity index (χ2n) is 6.38. The summed E-state index contributed by atoms with van der Waals surface area (Å²) in [6.07, 6.45) is -5.20. The number of anilines is 3. The average Bonchev–Trinajstić information content (AvgIpc) is 3.19. The Labute approximate surface area is 189 Å². The van der Waals surface area contributed by atoms with E-state index in [1.165, 1.54) is 6.07 Å².